The van der Waals surface area contributed by atoms with Crippen LogP contribution in [0, 0.1) is 11.8 Å². The van der Waals surface area contributed by atoms with Crippen LogP contribution in [0.15, 0.2) is 48.5 Å². The summed E-state index contributed by atoms with van der Waals surface area (Å²) in [6.07, 6.45) is -0.0965. The summed E-state index contributed by atoms with van der Waals surface area (Å²) in [5.41, 5.74) is 23.4. The highest BCUT2D eigenvalue weighted by molar-refractivity contribution is 5.98. The molecule has 2 rings (SSSR count). The molecule has 20 N–H and O–H groups in total. The van der Waals surface area contributed by atoms with Gasteiger partial charge in [0, 0.05) is 12.8 Å². The quantitative estimate of drug-likeness (QED) is 0.0305. The number of aromatic hydroxyl groups is 2. The molecule has 0 aliphatic carbocycles. The van der Waals surface area contributed by atoms with E-state index in [4.69, 9.17) is 22.9 Å². The molecule has 0 aromatic heterocycles. The van der Waals surface area contributed by atoms with E-state index in [1.807, 2.05) is 0 Å². The topological polar surface area (TPSA) is 469 Å². The lowest BCUT2D eigenvalue weighted by Gasteiger charge is -2.27. The number of unbranched alkanes of at least 4 members (excludes halogenated alkanes) is 2. The molecule has 27 nitrogen and oxygen atoms in total. The van der Waals surface area contributed by atoms with Crippen LogP contribution in [-0.4, -0.2) is 153 Å². The van der Waals surface area contributed by atoms with Gasteiger partial charge in [-0.2, -0.15) is 0 Å². The number of phenolic OH excluding ortho intramolecular Hbond substituents is 2. The van der Waals surface area contributed by atoms with Crippen LogP contribution in [0.1, 0.15) is 96.6 Å². The van der Waals surface area contributed by atoms with Crippen molar-refractivity contribution in [3.63, 3.8) is 0 Å². The molecule has 0 bridgehead atoms. The zero-order valence-corrected chi connectivity index (χ0v) is 44.4. The third-order valence-corrected chi connectivity index (χ3v) is 12.4. The molecule has 27 heteroatoms. The lowest BCUT2D eigenvalue weighted by atomic mass is 9.98. The van der Waals surface area contributed by atoms with Crippen LogP contribution >= 0.6 is 0 Å². The number of carboxylic acid groups (broad SMARTS) is 2. The van der Waals surface area contributed by atoms with Crippen molar-refractivity contribution >= 4 is 65.1 Å². The van der Waals surface area contributed by atoms with E-state index in [1.165, 1.54) is 48.5 Å². The molecule has 78 heavy (non-hydrogen) atoms. The third kappa shape index (κ3) is 24.0. The molecule has 432 valence electrons. The Morgan fingerprint density at radius 2 is 0.923 bits per heavy atom. The molecule has 9 atom stereocenters. The molecular weight excluding hydrogens is 1020 g/mol. The van der Waals surface area contributed by atoms with Gasteiger partial charge in [-0.3, -0.25) is 47.9 Å². The number of primary amides is 1. The Bertz CT molecular complexity index is 2360. The number of hydrogen-bond acceptors (Lipinski definition) is 16. The average molecular weight is 1100 g/mol. The van der Waals surface area contributed by atoms with Crippen molar-refractivity contribution in [1.82, 2.24) is 42.5 Å². The SMILES string of the molecule is CC[C@H](C)[C@H](NC(=O)[C@H](CC(N)=O)NC(=O)[C@H](CCCCN)NC(=O)[C@H](CCCCN)NC(=O)CNC(=O)[C@@H](NC(=O)[C@H](Cc1ccc(O)cc1)NC(=O)[C@H](Cc1ccc(O)cc1)NC(=O)[C@@H](N)CC(=O)O)C(C)C)C(=O)O. The van der Waals surface area contributed by atoms with Crippen LogP contribution in [-0.2, 0) is 65.6 Å². The van der Waals surface area contributed by atoms with E-state index in [0.29, 0.717) is 43.2 Å². The number of amides is 9. The number of nitrogens with one attached hydrogen (secondary N) is 8. The number of aliphatic carboxylic acids is 2. The van der Waals surface area contributed by atoms with E-state index >= 15 is 0 Å². The number of phenols is 2. The first kappa shape index (κ1) is 66.2. The summed E-state index contributed by atoms with van der Waals surface area (Å²) in [5, 5.41) is 58.6. The Balaban J connectivity index is 2.36. The van der Waals surface area contributed by atoms with Gasteiger partial charge in [-0.15, -0.1) is 0 Å². The predicted molar refractivity (Wildman–Crippen MR) is 282 cm³/mol. The maximum Gasteiger partial charge on any atom is 0.326 e. The first-order valence-corrected chi connectivity index (χ1v) is 25.6. The molecule has 0 aliphatic rings. The summed E-state index contributed by atoms with van der Waals surface area (Å²) >= 11 is 0. The zero-order chi connectivity index (χ0) is 58.6. The molecule has 9 amide bonds. The summed E-state index contributed by atoms with van der Waals surface area (Å²) < 4.78 is 0. The van der Waals surface area contributed by atoms with Gasteiger partial charge in [0.05, 0.1) is 25.4 Å². The highest BCUT2D eigenvalue weighted by Crippen LogP contribution is 2.16. The summed E-state index contributed by atoms with van der Waals surface area (Å²) in [6.45, 7) is 6.19. The fourth-order valence-corrected chi connectivity index (χ4v) is 7.71. The normalized spacial score (nSPS) is 14.5. The fourth-order valence-electron chi connectivity index (χ4n) is 7.71. The Labute approximate surface area is 451 Å². The van der Waals surface area contributed by atoms with Crippen molar-refractivity contribution in [2.24, 2.45) is 34.8 Å². The van der Waals surface area contributed by atoms with Crippen LogP contribution in [0.25, 0.3) is 0 Å². The minimum atomic E-state index is -1.63. The number of hydrogen-bond donors (Lipinski definition) is 16. The Morgan fingerprint density at radius 1 is 0.513 bits per heavy atom. The van der Waals surface area contributed by atoms with Crippen LogP contribution in [0.4, 0.5) is 0 Å². The van der Waals surface area contributed by atoms with Crippen LogP contribution in [0.3, 0.4) is 0 Å². The molecule has 0 saturated carbocycles. The molecular formula is C51H78N12O15. The van der Waals surface area contributed by atoms with Gasteiger partial charge in [0.1, 0.15) is 53.8 Å². The predicted octanol–water partition coefficient (Wildman–Crippen LogP) is -2.89. The van der Waals surface area contributed by atoms with Crippen molar-refractivity contribution in [3.8, 4) is 11.5 Å². The van der Waals surface area contributed by atoms with Crippen molar-refractivity contribution in [3.05, 3.63) is 59.7 Å². The fraction of sp³-hybridized carbons (Fsp3) is 0.549. The summed E-state index contributed by atoms with van der Waals surface area (Å²) in [5.74, 6) is -12.4. The van der Waals surface area contributed by atoms with Gasteiger partial charge in [0.25, 0.3) is 0 Å². The third-order valence-electron chi connectivity index (χ3n) is 12.4. The number of carbonyl (C=O) groups is 11. The number of nitrogens with two attached hydrogens (primary N) is 4. The van der Waals surface area contributed by atoms with Crippen LogP contribution in [0.2, 0.25) is 0 Å². The summed E-state index contributed by atoms with van der Waals surface area (Å²) in [6, 6.07) is -0.259. The smallest absolute Gasteiger partial charge is 0.326 e. The number of rotatable bonds is 36. The second kappa shape index (κ2) is 34.0. The first-order chi connectivity index (χ1) is 36.8. The van der Waals surface area contributed by atoms with E-state index in [2.05, 4.69) is 42.5 Å². The van der Waals surface area contributed by atoms with E-state index in [-0.39, 0.29) is 50.3 Å². The highest BCUT2D eigenvalue weighted by Gasteiger charge is 2.35. The van der Waals surface area contributed by atoms with Crippen molar-refractivity contribution < 1.29 is 73.2 Å². The molecule has 0 spiro atoms. The van der Waals surface area contributed by atoms with Gasteiger partial charge in [0.2, 0.25) is 53.2 Å². The van der Waals surface area contributed by atoms with Gasteiger partial charge in [0.15, 0.2) is 0 Å². The highest BCUT2D eigenvalue weighted by atomic mass is 16.4. The van der Waals surface area contributed by atoms with Crippen molar-refractivity contribution in [2.45, 2.75) is 147 Å². The maximum atomic E-state index is 14.2. The minimum Gasteiger partial charge on any atom is -0.508 e. The molecule has 0 aliphatic heterocycles. The Hall–Kier alpha value is -7.91. The van der Waals surface area contributed by atoms with Crippen molar-refractivity contribution in [1.29, 1.82) is 0 Å². The standard InChI is InChI=1S/C51H78N12O15/c1-5-28(4)43(51(77)78)63-49(75)38(25-39(55)66)61-46(72)35(11-7-9-21-53)58-45(71)34(10-6-8-20-52)57-40(67)26-56-50(76)42(27(2)3)62-48(74)37(23-30-14-18-32(65)19-15-30)60-47(73)36(22-29-12-16-31(64)17-13-29)59-44(70)33(54)24-41(68)69/h12-19,27-28,33-38,42-43,64-65H,5-11,20-26,52-54H2,1-4H3,(H2,55,66)(H,56,76)(H,57,67)(H,58,71)(H,59,70)(H,60,73)(H,61,72)(H,62,74)(H,63,75)(H,68,69)(H,77,78)/t28-,33-,34-,35-,36-,37-,38-,42-,43-/m0/s1. The molecule has 0 saturated heterocycles. The summed E-state index contributed by atoms with van der Waals surface area (Å²) in [4.78, 5) is 145. The van der Waals surface area contributed by atoms with Gasteiger partial charge >= 0.3 is 11.9 Å². The molecule has 0 fully saturated rings. The zero-order valence-electron chi connectivity index (χ0n) is 44.4. The second-order valence-electron chi connectivity index (χ2n) is 19.2. The van der Waals surface area contributed by atoms with Gasteiger partial charge in [-0.1, -0.05) is 58.4 Å². The number of benzene rings is 2. The molecule has 2 aromatic carbocycles. The average Bonchev–Trinajstić information content (AvgIpc) is 3.38. The number of carbonyl (C=O) groups excluding carboxylic acids is 9. The monoisotopic (exact) mass is 1100 g/mol. The van der Waals surface area contributed by atoms with E-state index in [0.717, 1.165) is 0 Å². The van der Waals surface area contributed by atoms with Crippen LogP contribution < -0.4 is 65.5 Å². The first-order valence-electron chi connectivity index (χ1n) is 25.6. The summed E-state index contributed by atoms with van der Waals surface area (Å²) in [7, 11) is 0. The molecule has 2 aromatic rings. The maximum absolute atomic E-state index is 14.2. The van der Waals surface area contributed by atoms with E-state index in [9.17, 15) is 73.2 Å². The van der Waals surface area contributed by atoms with E-state index < -0.39 is 145 Å². The van der Waals surface area contributed by atoms with Crippen LogP contribution in [0.5, 0.6) is 11.5 Å². The molecule has 0 heterocycles. The van der Waals surface area contributed by atoms with Gasteiger partial charge in [-0.05, 0) is 98.8 Å². The lowest BCUT2D eigenvalue weighted by Crippen LogP contribution is -2.60. The number of carboxylic acids is 2. The minimum absolute atomic E-state index is 0.00614. The van der Waals surface area contributed by atoms with Crippen molar-refractivity contribution in [2.75, 3.05) is 19.6 Å². The largest absolute Gasteiger partial charge is 0.508 e. The van der Waals surface area contributed by atoms with Gasteiger partial charge < -0.3 is 85.9 Å². The lowest BCUT2D eigenvalue weighted by molar-refractivity contribution is -0.144. The second-order valence-corrected chi connectivity index (χ2v) is 19.2. The van der Waals surface area contributed by atoms with E-state index in [1.54, 1.807) is 27.7 Å². The Morgan fingerprint density at radius 3 is 1.36 bits per heavy atom. The Kier molecular flexibility index (Phi) is 28.8. The molecule has 0 radical (unpaired) electrons. The van der Waals surface area contributed by atoms with Gasteiger partial charge in [-0.25, -0.2) is 4.79 Å². The molecule has 0 unspecified atom stereocenters.